The average Bonchev–Trinajstić information content (AvgIpc) is 2.82. The highest BCUT2D eigenvalue weighted by Gasteiger charge is 2.36. The second-order valence-corrected chi connectivity index (χ2v) is 9.52. The van der Waals surface area contributed by atoms with E-state index < -0.39 is 34.6 Å². The molecule has 196 valence electrons. The molecule has 1 saturated heterocycles. The molecule has 3 aromatic rings. The first-order valence-corrected chi connectivity index (χ1v) is 11.8. The van der Waals surface area contributed by atoms with Crippen LogP contribution in [0.15, 0.2) is 47.7 Å². The molecular weight excluding hydrogens is 514 g/mol. The summed E-state index contributed by atoms with van der Waals surface area (Å²) in [7, 11) is 1.97. The number of likely N-dealkylation sites (N-methyl/N-ethyl adjacent to an activating group) is 1. The Morgan fingerprint density at radius 1 is 1.14 bits per heavy atom. The maximum absolute atomic E-state index is 15.4. The van der Waals surface area contributed by atoms with Crippen molar-refractivity contribution in [3.63, 3.8) is 0 Å². The first-order chi connectivity index (χ1) is 17.3. The van der Waals surface area contributed by atoms with Crippen LogP contribution in [0.2, 0.25) is 5.02 Å². The Morgan fingerprint density at radius 2 is 1.81 bits per heavy atom. The van der Waals surface area contributed by atoms with Crippen LogP contribution in [0.4, 0.5) is 28.9 Å². The van der Waals surface area contributed by atoms with Gasteiger partial charge < -0.3 is 15.2 Å². The smallest absolute Gasteiger partial charge is 0.367 e. The molecule has 0 radical (unpaired) electrons. The van der Waals surface area contributed by atoms with Crippen molar-refractivity contribution in [3.8, 4) is 11.1 Å². The number of alkyl halides is 3. The van der Waals surface area contributed by atoms with E-state index in [1.54, 1.807) is 0 Å². The number of pyridine rings is 2. The summed E-state index contributed by atoms with van der Waals surface area (Å²) in [5.41, 5.74) is -2.34. The van der Waals surface area contributed by atoms with E-state index in [0.717, 1.165) is 0 Å². The van der Waals surface area contributed by atoms with Crippen LogP contribution in [0.5, 0.6) is 0 Å². The molecule has 3 heterocycles. The molecule has 0 saturated carbocycles. The Kier molecular flexibility index (Phi) is 7.29. The van der Waals surface area contributed by atoms with E-state index in [1.165, 1.54) is 30.6 Å². The van der Waals surface area contributed by atoms with Gasteiger partial charge in [0, 0.05) is 61.0 Å². The van der Waals surface area contributed by atoms with Crippen LogP contribution in [-0.2, 0) is 6.18 Å². The second kappa shape index (κ2) is 10.1. The molecule has 1 aliphatic heterocycles. The minimum absolute atomic E-state index is 0.0572. The molecule has 37 heavy (non-hydrogen) atoms. The number of anilines is 2. The van der Waals surface area contributed by atoms with Crippen LogP contribution in [0.25, 0.3) is 11.1 Å². The Bertz CT molecular complexity index is 1380. The predicted molar refractivity (Wildman–Crippen MR) is 134 cm³/mol. The van der Waals surface area contributed by atoms with Crippen molar-refractivity contribution in [3.05, 3.63) is 75.2 Å². The number of hydrogen-bond donors (Lipinski definition) is 2. The Balaban J connectivity index is 1.82. The molecule has 12 heteroatoms. The van der Waals surface area contributed by atoms with E-state index >= 15 is 4.39 Å². The summed E-state index contributed by atoms with van der Waals surface area (Å²) in [5.74, 6) is -1.72. The lowest BCUT2D eigenvalue weighted by Gasteiger charge is -2.44. The van der Waals surface area contributed by atoms with Crippen LogP contribution in [0, 0.1) is 5.82 Å². The summed E-state index contributed by atoms with van der Waals surface area (Å²) >= 11 is 6.02. The maximum Gasteiger partial charge on any atom is 0.417 e. The fraction of sp³-hybridized carbons (Fsp3) is 0.320. The van der Waals surface area contributed by atoms with Crippen molar-refractivity contribution in [2.24, 2.45) is 0 Å². The van der Waals surface area contributed by atoms with Crippen molar-refractivity contribution in [1.29, 1.82) is 0 Å². The molecule has 4 rings (SSSR count). The summed E-state index contributed by atoms with van der Waals surface area (Å²) in [5, 5.41) is 2.77. The SMILES string of the molecule is C[C@@H]1CN(c2cc(F)c(-c3cncc(Cl)c3)cc2NC(=O)c2c[nH]c(=O)cc2C(F)(F)F)C[C@H](C)N1C. The minimum Gasteiger partial charge on any atom is -0.367 e. The monoisotopic (exact) mass is 537 g/mol. The highest BCUT2D eigenvalue weighted by Crippen LogP contribution is 2.37. The average molecular weight is 538 g/mol. The molecule has 2 N–H and O–H groups in total. The van der Waals surface area contributed by atoms with E-state index in [0.29, 0.717) is 36.6 Å². The summed E-state index contributed by atoms with van der Waals surface area (Å²) < 4.78 is 56.1. The molecule has 2 aromatic heterocycles. The third-order valence-corrected chi connectivity index (χ3v) is 6.73. The van der Waals surface area contributed by atoms with E-state index in [9.17, 15) is 22.8 Å². The van der Waals surface area contributed by atoms with Crippen LogP contribution in [0.1, 0.15) is 29.8 Å². The van der Waals surface area contributed by atoms with E-state index in [1.807, 2.05) is 25.8 Å². The highest BCUT2D eigenvalue weighted by molar-refractivity contribution is 6.30. The first-order valence-electron chi connectivity index (χ1n) is 11.4. The number of amides is 1. The van der Waals surface area contributed by atoms with Crippen LogP contribution in [0.3, 0.4) is 0 Å². The zero-order chi connectivity index (χ0) is 27.1. The molecule has 1 aromatic carbocycles. The van der Waals surface area contributed by atoms with Gasteiger partial charge in [-0.15, -0.1) is 0 Å². The number of nitrogens with zero attached hydrogens (tertiary/aromatic N) is 3. The lowest BCUT2D eigenvalue weighted by molar-refractivity contribution is -0.138. The number of hydrogen-bond acceptors (Lipinski definition) is 5. The predicted octanol–water partition coefficient (Wildman–Crippen LogP) is 5.03. The highest BCUT2D eigenvalue weighted by atomic mass is 35.5. The van der Waals surface area contributed by atoms with Gasteiger partial charge in [-0.3, -0.25) is 19.5 Å². The van der Waals surface area contributed by atoms with Crippen LogP contribution < -0.4 is 15.8 Å². The standard InChI is InChI=1S/C25H24ClF4N5O2/c1-13-11-35(12-14(2)34(13)3)22-7-20(27)17(15-4-16(26)9-31-8-15)5-21(22)33-24(37)18-10-32-23(36)6-19(18)25(28,29)30/h4-10,13-14H,11-12H2,1-3H3,(H,32,36)(H,33,37)/t13-,14+. The molecular formula is C25H24ClF4N5O2. The number of rotatable bonds is 4. The van der Waals surface area contributed by atoms with Gasteiger partial charge in [-0.25, -0.2) is 4.39 Å². The lowest BCUT2D eigenvalue weighted by Crippen LogP contribution is -2.55. The van der Waals surface area contributed by atoms with E-state index in [2.05, 4.69) is 20.2 Å². The van der Waals surface area contributed by atoms with Crippen molar-refractivity contribution in [2.45, 2.75) is 32.1 Å². The summed E-state index contributed by atoms with van der Waals surface area (Å²) in [6.07, 6.45) is -1.46. The zero-order valence-electron chi connectivity index (χ0n) is 20.2. The molecule has 0 unspecified atom stereocenters. The van der Waals surface area contributed by atoms with Crippen molar-refractivity contribution < 1.29 is 22.4 Å². The molecule has 0 spiro atoms. The van der Waals surface area contributed by atoms with Crippen molar-refractivity contribution in [2.75, 3.05) is 30.4 Å². The van der Waals surface area contributed by atoms with Gasteiger partial charge in [-0.2, -0.15) is 13.2 Å². The van der Waals surface area contributed by atoms with Gasteiger partial charge in [-0.05, 0) is 39.1 Å². The molecule has 1 amide bonds. The molecule has 1 aliphatic rings. The topological polar surface area (TPSA) is 81.3 Å². The number of benzene rings is 1. The van der Waals surface area contributed by atoms with Crippen molar-refractivity contribution >= 4 is 28.9 Å². The van der Waals surface area contributed by atoms with Crippen LogP contribution >= 0.6 is 11.6 Å². The normalized spacial score (nSPS) is 18.6. The summed E-state index contributed by atoms with van der Waals surface area (Å²) in [6, 6.07) is 4.58. The Hall–Kier alpha value is -3.44. The van der Waals surface area contributed by atoms with Crippen molar-refractivity contribution in [1.82, 2.24) is 14.9 Å². The van der Waals surface area contributed by atoms with E-state index in [-0.39, 0.29) is 28.4 Å². The lowest BCUT2D eigenvalue weighted by atomic mass is 10.0. The molecule has 2 atom stereocenters. The number of aromatic amines is 1. The fourth-order valence-corrected chi connectivity index (χ4v) is 4.56. The van der Waals surface area contributed by atoms with Gasteiger partial charge in [0.05, 0.1) is 27.5 Å². The van der Waals surface area contributed by atoms with Gasteiger partial charge in [0.15, 0.2) is 0 Å². The maximum atomic E-state index is 15.4. The number of carbonyl (C=O) groups is 1. The number of carbonyl (C=O) groups excluding carboxylic acids is 1. The third kappa shape index (κ3) is 5.62. The summed E-state index contributed by atoms with van der Waals surface area (Å²) in [6.45, 7) is 4.99. The molecule has 0 aliphatic carbocycles. The number of H-pyrrole nitrogens is 1. The van der Waals surface area contributed by atoms with E-state index in [4.69, 9.17) is 11.6 Å². The van der Waals surface area contributed by atoms with Gasteiger partial charge in [-0.1, -0.05) is 11.6 Å². The first kappa shape index (κ1) is 26.6. The quantitative estimate of drug-likeness (QED) is 0.456. The van der Waals surface area contributed by atoms with Gasteiger partial charge >= 0.3 is 6.18 Å². The summed E-state index contributed by atoms with van der Waals surface area (Å²) in [4.78, 5) is 34.8. The van der Waals surface area contributed by atoms with Gasteiger partial charge in [0.1, 0.15) is 5.82 Å². The van der Waals surface area contributed by atoms with Gasteiger partial charge in [0.25, 0.3) is 5.91 Å². The molecule has 7 nitrogen and oxygen atoms in total. The number of halogens is 5. The number of nitrogens with one attached hydrogen (secondary N) is 2. The minimum atomic E-state index is -4.94. The fourth-order valence-electron chi connectivity index (χ4n) is 4.39. The van der Waals surface area contributed by atoms with Gasteiger partial charge in [0.2, 0.25) is 5.56 Å². The molecule has 0 bridgehead atoms. The van der Waals surface area contributed by atoms with Crippen LogP contribution in [-0.4, -0.2) is 53.0 Å². The number of aromatic nitrogens is 2. The Morgan fingerprint density at radius 3 is 2.43 bits per heavy atom. The number of piperazine rings is 1. The third-order valence-electron chi connectivity index (χ3n) is 6.52. The zero-order valence-corrected chi connectivity index (χ0v) is 20.9. The molecule has 1 fully saturated rings. The second-order valence-electron chi connectivity index (χ2n) is 9.09. The Labute approximate surface area is 215 Å². The largest absolute Gasteiger partial charge is 0.417 e.